The molecule has 7 nitrogen and oxygen atoms in total. The number of hydrogen-bond acceptors (Lipinski definition) is 4. The first-order valence-corrected chi connectivity index (χ1v) is 8.50. The smallest absolute Gasteiger partial charge is 0.317 e. The molecule has 2 aliphatic heterocycles. The molecular weight excluding hydrogens is 322 g/mol. The van der Waals surface area contributed by atoms with Crippen LogP contribution >= 0.6 is 0 Å². The average Bonchev–Trinajstić information content (AvgIpc) is 2.86. The van der Waals surface area contributed by atoms with E-state index >= 15 is 0 Å². The predicted octanol–water partition coefficient (Wildman–Crippen LogP) is 1.03. The quantitative estimate of drug-likeness (QED) is 0.869. The molecule has 0 spiro atoms. The van der Waals surface area contributed by atoms with Gasteiger partial charge in [0.15, 0.2) is 0 Å². The molecule has 1 amide bonds. The summed E-state index contributed by atoms with van der Waals surface area (Å²) >= 11 is 0. The van der Waals surface area contributed by atoms with E-state index in [1.165, 1.54) is 0 Å². The molecule has 1 aromatic carbocycles. The van der Waals surface area contributed by atoms with Gasteiger partial charge in [0.05, 0.1) is 25.8 Å². The molecule has 132 valence electrons. The van der Waals surface area contributed by atoms with Crippen LogP contribution in [0.2, 0.25) is 0 Å². The number of ether oxygens (including phenoxy) is 1. The zero-order valence-corrected chi connectivity index (χ0v) is 13.9. The number of carboxylic acid groups (broad SMARTS) is 1. The number of H-pyrrole nitrogens is 1. The fraction of sp³-hybridized carbons (Fsp3) is 0.444. The van der Waals surface area contributed by atoms with E-state index in [0.717, 1.165) is 10.9 Å². The Hall–Kier alpha value is -2.38. The van der Waals surface area contributed by atoms with Crippen LogP contribution in [-0.2, 0) is 9.53 Å². The van der Waals surface area contributed by atoms with Crippen LogP contribution in [0.25, 0.3) is 10.9 Å². The van der Waals surface area contributed by atoms with Crippen molar-refractivity contribution in [1.29, 1.82) is 0 Å². The van der Waals surface area contributed by atoms with Crippen LogP contribution < -0.4 is 0 Å². The van der Waals surface area contributed by atoms with Crippen LogP contribution in [0, 0.1) is 5.92 Å². The number of amides is 1. The molecule has 0 radical (unpaired) electrons. The van der Waals surface area contributed by atoms with E-state index in [4.69, 9.17) is 9.84 Å². The number of nitrogens with one attached hydrogen (secondary N) is 1. The van der Waals surface area contributed by atoms with Gasteiger partial charge in [-0.1, -0.05) is 0 Å². The van der Waals surface area contributed by atoms with E-state index in [0.29, 0.717) is 38.4 Å². The Balaban J connectivity index is 1.60. The molecule has 2 atom stereocenters. The van der Waals surface area contributed by atoms with Crippen molar-refractivity contribution in [2.75, 3.05) is 39.4 Å². The van der Waals surface area contributed by atoms with Gasteiger partial charge in [-0.25, -0.2) is 0 Å². The lowest BCUT2D eigenvalue weighted by Crippen LogP contribution is -2.47. The van der Waals surface area contributed by atoms with Crippen LogP contribution in [0.15, 0.2) is 30.5 Å². The second-order valence-corrected chi connectivity index (χ2v) is 6.88. The number of aromatic amines is 1. The molecule has 7 heteroatoms. The summed E-state index contributed by atoms with van der Waals surface area (Å²) in [5, 5.41) is 10.1. The Labute approximate surface area is 145 Å². The molecule has 2 fully saturated rings. The number of carboxylic acids is 1. The predicted molar refractivity (Wildman–Crippen MR) is 91.5 cm³/mol. The van der Waals surface area contributed by atoms with Crippen molar-refractivity contribution < 1.29 is 19.4 Å². The summed E-state index contributed by atoms with van der Waals surface area (Å²) in [5.74, 6) is -0.718. The summed E-state index contributed by atoms with van der Waals surface area (Å²) in [6.07, 6.45) is 1.86. The van der Waals surface area contributed by atoms with Gasteiger partial charge in [-0.2, -0.15) is 0 Å². The molecule has 25 heavy (non-hydrogen) atoms. The SMILES string of the molecule is O=C(O)CN1C[C@@H]2COC[C@H](C1)N(C(=O)c1ccc3[nH]ccc3c1)C2. The topological polar surface area (TPSA) is 85.9 Å². The summed E-state index contributed by atoms with van der Waals surface area (Å²) in [6.45, 7) is 2.79. The van der Waals surface area contributed by atoms with Gasteiger partial charge in [0.2, 0.25) is 0 Å². The lowest BCUT2D eigenvalue weighted by atomic mass is 10.1. The van der Waals surface area contributed by atoms with Gasteiger partial charge < -0.3 is 19.7 Å². The Morgan fingerprint density at radius 2 is 2.08 bits per heavy atom. The third-order valence-corrected chi connectivity index (χ3v) is 4.96. The average molecular weight is 343 g/mol. The number of nitrogens with zero attached hydrogens (tertiary/aromatic N) is 2. The molecule has 2 aromatic rings. The number of hydrogen-bond donors (Lipinski definition) is 2. The molecule has 2 saturated heterocycles. The molecular formula is C18H21N3O4. The monoisotopic (exact) mass is 343 g/mol. The maximum absolute atomic E-state index is 13.1. The summed E-state index contributed by atoms with van der Waals surface area (Å²) < 4.78 is 5.72. The van der Waals surface area contributed by atoms with Gasteiger partial charge in [-0.3, -0.25) is 14.5 Å². The number of carbonyl (C=O) groups excluding carboxylic acids is 1. The Morgan fingerprint density at radius 3 is 2.92 bits per heavy atom. The molecule has 3 heterocycles. The third kappa shape index (κ3) is 3.25. The summed E-state index contributed by atoms with van der Waals surface area (Å²) in [5.41, 5.74) is 1.66. The van der Waals surface area contributed by atoms with Crippen molar-refractivity contribution >= 4 is 22.8 Å². The minimum absolute atomic E-state index is 0.00431. The highest BCUT2D eigenvalue weighted by atomic mass is 16.5. The van der Waals surface area contributed by atoms with E-state index in [2.05, 4.69) is 4.98 Å². The van der Waals surface area contributed by atoms with Crippen LogP contribution in [0.1, 0.15) is 10.4 Å². The van der Waals surface area contributed by atoms with Gasteiger partial charge in [0.25, 0.3) is 5.91 Å². The third-order valence-electron chi connectivity index (χ3n) is 4.96. The van der Waals surface area contributed by atoms with Crippen molar-refractivity contribution in [3.8, 4) is 0 Å². The standard InChI is InChI=1S/C18H21N3O4/c22-17(23)9-20-6-12-7-21(15(8-20)11-25-10-12)18(24)14-1-2-16-13(5-14)3-4-19-16/h1-5,12,15,19H,6-11H2,(H,22,23)/t12-,15-/m0/s1. The van der Waals surface area contributed by atoms with Gasteiger partial charge in [-0.15, -0.1) is 0 Å². The van der Waals surface area contributed by atoms with Crippen molar-refractivity contribution in [2.45, 2.75) is 6.04 Å². The number of rotatable bonds is 3. The Kier molecular flexibility index (Phi) is 4.19. The minimum atomic E-state index is -0.836. The maximum atomic E-state index is 13.1. The molecule has 2 aliphatic rings. The van der Waals surface area contributed by atoms with E-state index in [1.54, 1.807) is 0 Å². The minimum Gasteiger partial charge on any atom is -0.480 e. The van der Waals surface area contributed by atoms with Crippen molar-refractivity contribution in [3.63, 3.8) is 0 Å². The first-order chi connectivity index (χ1) is 12.1. The molecule has 2 bridgehead atoms. The normalized spacial score (nSPS) is 24.2. The summed E-state index contributed by atoms with van der Waals surface area (Å²) in [7, 11) is 0. The first kappa shape index (κ1) is 16.1. The highest BCUT2D eigenvalue weighted by molar-refractivity contribution is 5.98. The van der Waals surface area contributed by atoms with Crippen LogP contribution in [0.4, 0.5) is 0 Å². The Bertz CT molecular complexity index is 802. The van der Waals surface area contributed by atoms with Gasteiger partial charge in [0, 0.05) is 48.2 Å². The highest BCUT2D eigenvalue weighted by Crippen LogP contribution is 2.23. The number of aromatic nitrogens is 1. The van der Waals surface area contributed by atoms with E-state index in [1.807, 2.05) is 40.3 Å². The molecule has 0 aliphatic carbocycles. The lowest BCUT2D eigenvalue weighted by Gasteiger charge is -2.30. The van der Waals surface area contributed by atoms with Gasteiger partial charge in [-0.05, 0) is 24.3 Å². The molecule has 4 rings (SSSR count). The lowest BCUT2D eigenvalue weighted by molar-refractivity contribution is -0.138. The first-order valence-electron chi connectivity index (χ1n) is 8.50. The van der Waals surface area contributed by atoms with Crippen LogP contribution in [0.3, 0.4) is 0 Å². The maximum Gasteiger partial charge on any atom is 0.317 e. The van der Waals surface area contributed by atoms with Crippen molar-refractivity contribution in [2.24, 2.45) is 5.92 Å². The largest absolute Gasteiger partial charge is 0.480 e. The van der Waals surface area contributed by atoms with E-state index in [-0.39, 0.29) is 24.4 Å². The second-order valence-electron chi connectivity index (χ2n) is 6.88. The van der Waals surface area contributed by atoms with Crippen molar-refractivity contribution in [1.82, 2.24) is 14.8 Å². The van der Waals surface area contributed by atoms with E-state index in [9.17, 15) is 9.59 Å². The highest BCUT2D eigenvalue weighted by Gasteiger charge is 2.36. The van der Waals surface area contributed by atoms with E-state index < -0.39 is 5.97 Å². The van der Waals surface area contributed by atoms with Crippen LogP contribution in [-0.4, -0.2) is 77.2 Å². The summed E-state index contributed by atoms with van der Waals surface area (Å²) in [6, 6.07) is 7.48. The fourth-order valence-corrected chi connectivity index (χ4v) is 3.86. The van der Waals surface area contributed by atoms with Crippen LogP contribution in [0.5, 0.6) is 0 Å². The number of carbonyl (C=O) groups is 2. The number of fused-ring (bicyclic) bond motifs is 4. The van der Waals surface area contributed by atoms with Crippen molar-refractivity contribution in [3.05, 3.63) is 36.0 Å². The second kappa shape index (κ2) is 6.50. The number of benzene rings is 1. The molecule has 0 saturated carbocycles. The van der Waals surface area contributed by atoms with Gasteiger partial charge >= 0.3 is 5.97 Å². The fourth-order valence-electron chi connectivity index (χ4n) is 3.86. The molecule has 1 aromatic heterocycles. The molecule has 0 unspecified atom stereocenters. The zero-order valence-electron chi connectivity index (χ0n) is 13.9. The molecule has 2 N–H and O–H groups in total. The number of aliphatic carboxylic acids is 1. The Morgan fingerprint density at radius 1 is 1.20 bits per heavy atom. The zero-order chi connectivity index (χ0) is 17.4. The van der Waals surface area contributed by atoms with Gasteiger partial charge in [0.1, 0.15) is 0 Å². The summed E-state index contributed by atoms with van der Waals surface area (Å²) in [4.78, 5) is 31.1.